The first-order valence-electron chi connectivity index (χ1n) is 5.59. The number of carbonyl (C=O) groups excluding carboxylic acids is 1. The second-order valence-electron chi connectivity index (χ2n) is 4.51. The molecule has 0 bridgehead atoms. The first-order valence-corrected chi connectivity index (χ1v) is 5.59. The van der Waals surface area contributed by atoms with Crippen molar-refractivity contribution in [2.24, 2.45) is 4.99 Å². The summed E-state index contributed by atoms with van der Waals surface area (Å²) in [5.41, 5.74) is 3.85. The fourth-order valence-electron chi connectivity index (χ4n) is 2.06. The molecule has 0 atom stereocenters. The first kappa shape index (κ1) is 11.1. The quantitative estimate of drug-likeness (QED) is 0.573. The fourth-order valence-corrected chi connectivity index (χ4v) is 2.06. The van der Waals surface area contributed by atoms with Crippen LogP contribution >= 0.6 is 0 Å². The van der Waals surface area contributed by atoms with Crippen molar-refractivity contribution in [3.05, 3.63) is 34.9 Å². The summed E-state index contributed by atoms with van der Waals surface area (Å²) in [6, 6.07) is 6.92. The monoisotopic (exact) mass is 216 g/mol. The summed E-state index contributed by atoms with van der Waals surface area (Å²) in [7, 11) is 0. The third kappa shape index (κ3) is 2.21. The van der Waals surface area contributed by atoms with E-state index in [0.29, 0.717) is 12.6 Å². The van der Waals surface area contributed by atoms with E-state index in [0.717, 1.165) is 18.7 Å². The Labute approximate surface area is 95.8 Å². The summed E-state index contributed by atoms with van der Waals surface area (Å²) >= 11 is 0. The number of fused-ring (bicyclic) bond motifs is 1. The molecule has 1 heterocycles. The molecule has 0 aromatic heterocycles. The average Bonchev–Trinajstić information content (AvgIpc) is 2.69. The molecular weight excluding hydrogens is 200 g/mol. The molecule has 1 aromatic carbocycles. The molecule has 0 saturated carbocycles. The van der Waals surface area contributed by atoms with Gasteiger partial charge in [-0.3, -0.25) is 4.90 Å². The lowest BCUT2D eigenvalue weighted by Crippen LogP contribution is -2.24. The van der Waals surface area contributed by atoms with E-state index in [1.165, 1.54) is 11.1 Å². The third-order valence-electron chi connectivity index (χ3n) is 3.07. The van der Waals surface area contributed by atoms with E-state index in [1.54, 1.807) is 6.08 Å². The van der Waals surface area contributed by atoms with Crippen molar-refractivity contribution in [3.63, 3.8) is 0 Å². The van der Waals surface area contributed by atoms with E-state index in [4.69, 9.17) is 0 Å². The zero-order valence-electron chi connectivity index (χ0n) is 9.73. The number of isocyanates is 1. The number of hydrogen-bond donors (Lipinski definition) is 0. The van der Waals surface area contributed by atoms with Gasteiger partial charge in [0, 0.05) is 19.1 Å². The lowest BCUT2D eigenvalue weighted by atomic mass is 10.1. The normalized spacial score (nSPS) is 14.9. The number of nitrogens with zero attached hydrogens (tertiary/aromatic N) is 2. The van der Waals surface area contributed by atoms with E-state index >= 15 is 0 Å². The zero-order chi connectivity index (χ0) is 11.5. The molecule has 0 aliphatic carbocycles. The van der Waals surface area contributed by atoms with Crippen LogP contribution in [0, 0.1) is 0 Å². The molecule has 0 radical (unpaired) electrons. The molecule has 84 valence electrons. The Morgan fingerprint density at radius 3 is 2.81 bits per heavy atom. The Balaban J connectivity index is 2.17. The lowest BCUT2D eigenvalue weighted by Gasteiger charge is -2.18. The van der Waals surface area contributed by atoms with Crippen molar-refractivity contribution in [2.75, 3.05) is 0 Å². The maximum absolute atomic E-state index is 10.1. The molecule has 1 aliphatic rings. The van der Waals surface area contributed by atoms with Crippen LogP contribution in [0.4, 0.5) is 0 Å². The highest BCUT2D eigenvalue weighted by Gasteiger charge is 2.20. The average molecular weight is 216 g/mol. The van der Waals surface area contributed by atoms with Crippen LogP contribution in [0.25, 0.3) is 0 Å². The molecule has 0 fully saturated rings. The van der Waals surface area contributed by atoms with Gasteiger partial charge in [-0.15, -0.1) is 0 Å². The van der Waals surface area contributed by atoms with Crippen molar-refractivity contribution in [1.29, 1.82) is 0 Å². The molecular formula is C13H16N2O. The standard InChI is InChI=1S/C13H16N2O/c1-10(2)15-7-12-4-3-11(6-14-9-16)5-13(12)8-15/h3-5,10H,6-8H2,1-2H3. The predicted molar refractivity (Wildman–Crippen MR) is 62.7 cm³/mol. The topological polar surface area (TPSA) is 32.7 Å². The van der Waals surface area contributed by atoms with Crippen molar-refractivity contribution in [2.45, 2.75) is 39.5 Å². The molecule has 0 saturated heterocycles. The zero-order valence-corrected chi connectivity index (χ0v) is 9.73. The smallest absolute Gasteiger partial charge is 0.235 e. The summed E-state index contributed by atoms with van der Waals surface area (Å²) in [6.07, 6.45) is 1.58. The van der Waals surface area contributed by atoms with Gasteiger partial charge in [0.15, 0.2) is 0 Å². The largest absolute Gasteiger partial charge is 0.292 e. The number of benzene rings is 1. The molecule has 16 heavy (non-hydrogen) atoms. The Hall–Kier alpha value is -1.44. The van der Waals surface area contributed by atoms with E-state index < -0.39 is 0 Å². The van der Waals surface area contributed by atoms with E-state index in [1.807, 2.05) is 6.07 Å². The van der Waals surface area contributed by atoms with Crippen LogP contribution < -0.4 is 0 Å². The highest BCUT2D eigenvalue weighted by molar-refractivity contribution is 5.37. The van der Waals surface area contributed by atoms with Crippen molar-refractivity contribution >= 4 is 6.08 Å². The van der Waals surface area contributed by atoms with Gasteiger partial charge in [-0.25, -0.2) is 9.79 Å². The van der Waals surface area contributed by atoms with Gasteiger partial charge in [0.1, 0.15) is 0 Å². The van der Waals surface area contributed by atoms with Crippen molar-refractivity contribution in [3.8, 4) is 0 Å². The van der Waals surface area contributed by atoms with Gasteiger partial charge in [0.05, 0.1) is 6.54 Å². The van der Waals surface area contributed by atoms with Crippen LogP contribution in [0.5, 0.6) is 0 Å². The lowest BCUT2D eigenvalue weighted by molar-refractivity contribution is 0.227. The second-order valence-corrected chi connectivity index (χ2v) is 4.51. The molecule has 3 heteroatoms. The van der Waals surface area contributed by atoms with Crippen LogP contribution in [-0.2, 0) is 24.4 Å². The summed E-state index contributed by atoms with van der Waals surface area (Å²) in [4.78, 5) is 16.1. The molecule has 1 aromatic rings. The van der Waals surface area contributed by atoms with Crippen LogP contribution in [0.15, 0.2) is 23.2 Å². The van der Waals surface area contributed by atoms with Crippen LogP contribution in [0.1, 0.15) is 30.5 Å². The van der Waals surface area contributed by atoms with Gasteiger partial charge < -0.3 is 0 Å². The van der Waals surface area contributed by atoms with Gasteiger partial charge in [0.2, 0.25) is 6.08 Å². The van der Waals surface area contributed by atoms with E-state index in [2.05, 4.69) is 35.9 Å². The molecule has 1 aliphatic heterocycles. The van der Waals surface area contributed by atoms with E-state index in [9.17, 15) is 4.79 Å². The molecule has 0 spiro atoms. The summed E-state index contributed by atoms with van der Waals surface area (Å²) < 4.78 is 0. The summed E-state index contributed by atoms with van der Waals surface area (Å²) in [5, 5.41) is 0. The highest BCUT2D eigenvalue weighted by Crippen LogP contribution is 2.25. The minimum absolute atomic E-state index is 0.443. The number of hydrogen-bond acceptors (Lipinski definition) is 3. The molecule has 3 nitrogen and oxygen atoms in total. The van der Waals surface area contributed by atoms with Gasteiger partial charge >= 0.3 is 0 Å². The maximum Gasteiger partial charge on any atom is 0.235 e. The van der Waals surface area contributed by atoms with E-state index in [-0.39, 0.29) is 0 Å². The van der Waals surface area contributed by atoms with Crippen molar-refractivity contribution < 1.29 is 4.79 Å². The van der Waals surface area contributed by atoms with Crippen molar-refractivity contribution in [1.82, 2.24) is 4.90 Å². The van der Waals surface area contributed by atoms with Crippen LogP contribution in [-0.4, -0.2) is 17.0 Å². The highest BCUT2D eigenvalue weighted by atomic mass is 16.1. The molecule has 0 amide bonds. The Bertz CT molecular complexity index is 434. The second kappa shape index (κ2) is 4.60. The third-order valence-corrected chi connectivity index (χ3v) is 3.07. The maximum atomic E-state index is 10.1. The minimum Gasteiger partial charge on any atom is -0.292 e. The number of rotatable bonds is 3. The Morgan fingerprint density at radius 2 is 2.12 bits per heavy atom. The fraction of sp³-hybridized carbons (Fsp3) is 0.462. The first-order chi connectivity index (χ1) is 7.70. The Kier molecular flexibility index (Phi) is 3.18. The summed E-state index contributed by atoms with van der Waals surface area (Å²) in [6.45, 7) is 6.90. The number of aliphatic imine (C=N–C) groups is 1. The SMILES string of the molecule is CC(C)N1Cc2ccc(CN=C=O)cc2C1. The van der Waals surface area contributed by atoms with Gasteiger partial charge in [-0.1, -0.05) is 18.2 Å². The molecule has 0 unspecified atom stereocenters. The Morgan fingerprint density at radius 1 is 1.38 bits per heavy atom. The van der Waals surface area contributed by atoms with Gasteiger partial charge in [-0.05, 0) is 30.5 Å². The van der Waals surface area contributed by atoms with Crippen LogP contribution in [0.3, 0.4) is 0 Å². The van der Waals surface area contributed by atoms with Gasteiger partial charge in [-0.2, -0.15) is 0 Å². The van der Waals surface area contributed by atoms with Gasteiger partial charge in [0.25, 0.3) is 0 Å². The minimum atomic E-state index is 0.443. The molecule has 0 N–H and O–H groups in total. The van der Waals surface area contributed by atoms with Crippen LogP contribution in [0.2, 0.25) is 0 Å². The summed E-state index contributed by atoms with van der Waals surface area (Å²) in [5.74, 6) is 0. The molecule has 2 rings (SSSR count). The predicted octanol–water partition coefficient (Wildman–Crippen LogP) is 2.25.